The Morgan fingerprint density at radius 1 is 0.706 bits per heavy atom. The van der Waals surface area contributed by atoms with Crippen molar-refractivity contribution in [2.75, 3.05) is 7.11 Å². The van der Waals surface area contributed by atoms with Gasteiger partial charge in [0.05, 0.1) is 7.11 Å². The van der Waals surface area contributed by atoms with Crippen molar-refractivity contribution in [1.29, 1.82) is 0 Å². The van der Waals surface area contributed by atoms with Crippen molar-refractivity contribution >= 4 is 29.4 Å². The molecule has 0 aromatic heterocycles. The highest BCUT2D eigenvalue weighted by atomic mass is 16.5. The normalized spacial score (nSPS) is 15.4. The lowest BCUT2D eigenvalue weighted by Gasteiger charge is -2.31. The van der Waals surface area contributed by atoms with Gasteiger partial charge in [-0.3, -0.25) is 24.0 Å². The summed E-state index contributed by atoms with van der Waals surface area (Å²) in [6.45, 7) is 1.72. The average Bonchev–Trinajstić information content (AvgIpc) is 3.76. The summed E-state index contributed by atoms with van der Waals surface area (Å²) in [5.74, 6) is -2.66. The molecule has 51 heavy (non-hydrogen) atoms. The lowest BCUT2D eigenvalue weighted by Crippen LogP contribution is -2.63. The molecule has 262 valence electrons. The van der Waals surface area contributed by atoms with Gasteiger partial charge >= 0.3 is 0 Å². The molecule has 4 amide bonds. The van der Waals surface area contributed by atoms with Gasteiger partial charge in [0.2, 0.25) is 23.5 Å². The maximum Gasteiger partial charge on any atom is 0.290 e. The van der Waals surface area contributed by atoms with Crippen molar-refractivity contribution in [2.45, 2.75) is 63.2 Å². The van der Waals surface area contributed by atoms with E-state index < -0.39 is 41.1 Å². The predicted octanol–water partition coefficient (Wildman–Crippen LogP) is 3.18. The summed E-state index contributed by atoms with van der Waals surface area (Å²) in [7, 11) is 1.55. The monoisotopic (exact) mass is 686 g/mol. The van der Waals surface area contributed by atoms with Gasteiger partial charge in [0.1, 0.15) is 23.4 Å². The number of ketones is 1. The lowest BCUT2D eigenvalue weighted by molar-refractivity contribution is -0.143. The fraction of sp³-hybridized carbons (Fsp3) is 0.293. The van der Waals surface area contributed by atoms with Gasteiger partial charge in [-0.25, -0.2) is 0 Å². The smallest absolute Gasteiger partial charge is 0.290 e. The highest BCUT2D eigenvalue weighted by molar-refractivity contribution is 6.40. The quantitative estimate of drug-likeness (QED) is 0.159. The van der Waals surface area contributed by atoms with E-state index in [0.717, 1.165) is 33.4 Å². The molecule has 4 aromatic rings. The summed E-state index contributed by atoms with van der Waals surface area (Å²) >= 11 is 0. The number of amides is 4. The van der Waals surface area contributed by atoms with Gasteiger partial charge in [-0.05, 0) is 65.3 Å². The molecule has 4 N–H and O–H groups in total. The molecule has 2 aliphatic rings. The molecule has 10 nitrogen and oxygen atoms in total. The van der Waals surface area contributed by atoms with E-state index in [-0.39, 0.29) is 37.6 Å². The third-order valence-corrected chi connectivity index (χ3v) is 9.81. The standard InChI is InChI=1S/C41H42N4O6/c1-26(43-38(48)33-21-29-12-6-7-13-30(29)22-33)37(47)44-35(20-27-16-18-34(51-2)19-17-27)39(49)45-41(23-31-14-8-9-15-32(31)24-41)36(46)40(50)42-25-28-10-4-3-5-11-28/h3-19,26,33,35H,20-25H2,1-2H3,(H,42,50)(H,43,48)(H,44,47)(H,45,49)/t26-,35-/m0/s1. The first-order valence-corrected chi connectivity index (χ1v) is 17.2. The number of nitrogens with one attached hydrogen (secondary N) is 4. The number of hydrogen-bond acceptors (Lipinski definition) is 6. The van der Waals surface area contributed by atoms with E-state index >= 15 is 0 Å². The maximum absolute atomic E-state index is 14.3. The Kier molecular flexibility index (Phi) is 10.6. The fourth-order valence-electron chi connectivity index (χ4n) is 6.96. The van der Waals surface area contributed by atoms with Crippen molar-refractivity contribution in [3.05, 3.63) is 137 Å². The highest BCUT2D eigenvalue weighted by Crippen LogP contribution is 2.32. The van der Waals surface area contributed by atoms with Crippen molar-refractivity contribution in [2.24, 2.45) is 5.92 Å². The minimum absolute atomic E-state index is 0.0809. The zero-order valence-electron chi connectivity index (χ0n) is 28.7. The van der Waals surface area contributed by atoms with Crippen LogP contribution in [0, 0.1) is 5.92 Å². The van der Waals surface area contributed by atoms with E-state index in [1.807, 2.05) is 78.9 Å². The number of carbonyl (C=O) groups excluding carboxylic acids is 5. The molecule has 0 fully saturated rings. The number of Topliss-reactive ketones (excluding diaryl/α,β-unsaturated/α-hetero) is 1. The minimum atomic E-state index is -1.57. The second-order valence-electron chi connectivity index (χ2n) is 13.4. The van der Waals surface area contributed by atoms with Crippen LogP contribution in [0.4, 0.5) is 0 Å². The van der Waals surface area contributed by atoms with Crippen LogP contribution in [0.3, 0.4) is 0 Å². The number of methoxy groups -OCH3 is 1. The maximum atomic E-state index is 14.3. The molecule has 0 radical (unpaired) electrons. The third kappa shape index (κ3) is 8.17. The summed E-state index contributed by atoms with van der Waals surface area (Å²) in [5.41, 5.74) is 3.93. The van der Waals surface area contributed by atoms with Crippen LogP contribution in [0.5, 0.6) is 5.75 Å². The van der Waals surface area contributed by atoms with Gasteiger partial charge in [-0.1, -0.05) is 91.0 Å². The van der Waals surface area contributed by atoms with Crippen LogP contribution in [-0.4, -0.2) is 54.1 Å². The Morgan fingerprint density at radius 3 is 1.86 bits per heavy atom. The van der Waals surface area contributed by atoms with E-state index in [1.54, 1.807) is 38.3 Å². The first-order valence-electron chi connectivity index (χ1n) is 17.2. The van der Waals surface area contributed by atoms with E-state index in [4.69, 9.17) is 4.74 Å². The Bertz CT molecular complexity index is 1880. The Morgan fingerprint density at radius 2 is 1.27 bits per heavy atom. The van der Waals surface area contributed by atoms with Crippen LogP contribution in [-0.2, 0) is 62.6 Å². The first kappa shape index (κ1) is 35.1. The molecule has 10 heteroatoms. The number of benzene rings is 4. The average molecular weight is 687 g/mol. The topological polar surface area (TPSA) is 143 Å². The van der Waals surface area contributed by atoms with Crippen molar-refractivity contribution in [3.63, 3.8) is 0 Å². The molecule has 0 aliphatic heterocycles. The number of hydrogen-bond donors (Lipinski definition) is 4. The van der Waals surface area contributed by atoms with Gasteiger partial charge < -0.3 is 26.0 Å². The van der Waals surface area contributed by atoms with Gasteiger partial charge in [0, 0.05) is 31.7 Å². The molecular weight excluding hydrogens is 644 g/mol. The van der Waals surface area contributed by atoms with Crippen LogP contribution < -0.4 is 26.0 Å². The van der Waals surface area contributed by atoms with Crippen LogP contribution in [0.25, 0.3) is 0 Å². The Balaban J connectivity index is 1.20. The van der Waals surface area contributed by atoms with Gasteiger partial charge in [-0.2, -0.15) is 0 Å². The first-order chi connectivity index (χ1) is 24.6. The molecule has 2 atom stereocenters. The Hall–Kier alpha value is -5.77. The predicted molar refractivity (Wildman–Crippen MR) is 192 cm³/mol. The van der Waals surface area contributed by atoms with Gasteiger partial charge in [0.25, 0.3) is 5.91 Å². The summed E-state index contributed by atoms with van der Waals surface area (Å²) in [5, 5.41) is 11.3. The summed E-state index contributed by atoms with van der Waals surface area (Å²) < 4.78 is 5.28. The van der Waals surface area contributed by atoms with Crippen molar-refractivity contribution in [1.82, 2.24) is 21.3 Å². The molecule has 0 heterocycles. The van der Waals surface area contributed by atoms with E-state index in [2.05, 4.69) is 21.3 Å². The molecule has 2 aliphatic carbocycles. The second kappa shape index (κ2) is 15.4. The highest BCUT2D eigenvalue weighted by Gasteiger charge is 2.48. The van der Waals surface area contributed by atoms with E-state index in [0.29, 0.717) is 18.6 Å². The summed E-state index contributed by atoms with van der Waals surface area (Å²) in [6, 6.07) is 29.6. The van der Waals surface area contributed by atoms with Crippen LogP contribution in [0.15, 0.2) is 103 Å². The molecule has 0 saturated heterocycles. The molecule has 4 aromatic carbocycles. The molecule has 0 bridgehead atoms. The number of rotatable bonds is 13. The van der Waals surface area contributed by atoms with Crippen molar-refractivity contribution in [3.8, 4) is 5.75 Å². The van der Waals surface area contributed by atoms with Crippen LogP contribution >= 0.6 is 0 Å². The molecule has 6 rings (SSSR count). The van der Waals surface area contributed by atoms with Crippen LogP contribution in [0.2, 0.25) is 0 Å². The molecule has 0 unspecified atom stereocenters. The zero-order valence-corrected chi connectivity index (χ0v) is 28.7. The molecule has 0 saturated carbocycles. The lowest BCUT2D eigenvalue weighted by atomic mass is 9.88. The Labute approximate surface area is 297 Å². The van der Waals surface area contributed by atoms with Gasteiger partial charge in [-0.15, -0.1) is 0 Å². The molecule has 0 spiro atoms. The summed E-state index contributed by atoms with van der Waals surface area (Å²) in [6.07, 6.45) is 1.50. The fourth-order valence-corrected chi connectivity index (χ4v) is 6.96. The number of ether oxygens (including phenoxy) is 1. The minimum Gasteiger partial charge on any atom is -0.497 e. The molecular formula is C41H42N4O6. The largest absolute Gasteiger partial charge is 0.497 e. The van der Waals surface area contributed by atoms with E-state index in [9.17, 15) is 24.0 Å². The second-order valence-corrected chi connectivity index (χ2v) is 13.4. The summed E-state index contributed by atoms with van der Waals surface area (Å²) in [4.78, 5) is 68.5. The van der Waals surface area contributed by atoms with E-state index in [1.165, 1.54) is 0 Å². The number of fused-ring (bicyclic) bond motifs is 2. The third-order valence-electron chi connectivity index (χ3n) is 9.81. The van der Waals surface area contributed by atoms with Crippen molar-refractivity contribution < 1.29 is 28.7 Å². The van der Waals surface area contributed by atoms with Gasteiger partial charge in [0.15, 0.2) is 0 Å². The number of carbonyl (C=O) groups is 5. The zero-order chi connectivity index (χ0) is 36.0. The SMILES string of the molecule is COc1ccc(C[C@H](NC(=O)[C@H](C)NC(=O)C2Cc3ccccc3C2)C(=O)NC2(C(=O)C(=O)NCc3ccccc3)Cc3ccccc3C2)cc1. The van der Waals surface area contributed by atoms with Crippen LogP contribution in [0.1, 0.15) is 40.3 Å².